The summed E-state index contributed by atoms with van der Waals surface area (Å²) in [5.74, 6) is 0.593. The zero-order valence-corrected chi connectivity index (χ0v) is 30.7. The number of benzene rings is 7. The first-order valence-electron chi connectivity index (χ1n) is 18.7. The Labute approximate surface area is 321 Å². The Morgan fingerprint density at radius 3 is 1.82 bits per heavy atom. The molecule has 262 valence electrons. The van der Waals surface area contributed by atoms with Crippen molar-refractivity contribution in [3.63, 3.8) is 0 Å². The predicted molar refractivity (Wildman–Crippen MR) is 234 cm³/mol. The van der Waals surface area contributed by atoms with Crippen LogP contribution >= 0.6 is 0 Å². The van der Waals surface area contributed by atoms with Gasteiger partial charge >= 0.3 is 0 Å². The molecular formula is C52H39N3. The summed E-state index contributed by atoms with van der Waals surface area (Å²) in [7, 11) is 0. The summed E-state index contributed by atoms with van der Waals surface area (Å²) in [4.78, 5) is 9.52. The highest BCUT2D eigenvalue weighted by Crippen LogP contribution is 2.44. The van der Waals surface area contributed by atoms with Crippen molar-refractivity contribution in [2.24, 2.45) is 9.98 Å². The number of para-hydroxylation sites is 1. The maximum Gasteiger partial charge on any atom is 0.159 e. The van der Waals surface area contributed by atoms with Gasteiger partial charge < -0.3 is 4.40 Å². The minimum atomic E-state index is 0.593. The van der Waals surface area contributed by atoms with Crippen LogP contribution in [0.3, 0.4) is 0 Å². The van der Waals surface area contributed by atoms with Crippen LogP contribution in [-0.2, 0) is 6.42 Å². The highest BCUT2D eigenvalue weighted by atomic mass is 14.9. The Bertz CT molecular complexity index is 2880. The van der Waals surface area contributed by atoms with Gasteiger partial charge in [0.05, 0.1) is 16.7 Å². The van der Waals surface area contributed by atoms with Crippen molar-refractivity contribution >= 4 is 45.4 Å². The molecule has 0 saturated carbocycles. The third-order valence-corrected chi connectivity index (χ3v) is 10.5. The number of rotatable bonds is 8. The SMILES string of the molecule is C=NC(=N/C(=C\Cc1ccccc1)c1cccc(-c2ccc3c(-c4ccccc4)c(C)n4c5ccccc5c(-c5ccccc5)c4c3c2)c1)c1ccccc1. The van der Waals surface area contributed by atoms with E-state index in [4.69, 9.17) is 4.99 Å². The number of fused-ring (bicyclic) bond motifs is 5. The number of aryl methyl sites for hydroxylation is 1. The van der Waals surface area contributed by atoms with Crippen LogP contribution in [-0.4, -0.2) is 17.0 Å². The first-order valence-corrected chi connectivity index (χ1v) is 18.7. The van der Waals surface area contributed by atoms with Crippen LogP contribution in [0.1, 0.15) is 22.4 Å². The van der Waals surface area contributed by atoms with E-state index in [1.165, 1.54) is 60.7 Å². The molecule has 7 aromatic carbocycles. The van der Waals surface area contributed by atoms with Crippen molar-refractivity contribution in [2.45, 2.75) is 13.3 Å². The fourth-order valence-electron chi connectivity index (χ4n) is 7.96. The minimum absolute atomic E-state index is 0.593. The number of hydrogen-bond acceptors (Lipinski definition) is 1. The van der Waals surface area contributed by atoms with Crippen LogP contribution < -0.4 is 0 Å². The van der Waals surface area contributed by atoms with Gasteiger partial charge in [0.15, 0.2) is 5.84 Å². The molecule has 0 atom stereocenters. The number of pyridine rings is 1. The second-order valence-corrected chi connectivity index (χ2v) is 13.8. The molecule has 0 aliphatic carbocycles. The van der Waals surface area contributed by atoms with Gasteiger partial charge in [0.1, 0.15) is 0 Å². The number of hydrogen-bond donors (Lipinski definition) is 0. The smallest absolute Gasteiger partial charge is 0.159 e. The first kappa shape index (κ1) is 33.7. The lowest BCUT2D eigenvalue weighted by atomic mass is 9.92. The van der Waals surface area contributed by atoms with Crippen molar-refractivity contribution < 1.29 is 0 Å². The number of aromatic nitrogens is 1. The van der Waals surface area contributed by atoms with Crippen LogP contribution in [0.4, 0.5) is 0 Å². The van der Waals surface area contributed by atoms with E-state index in [9.17, 15) is 0 Å². The third kappa shape index (κ3) is 6.36. The van der Waals surface area contributed by atoms with Crippen molar-refractivity contribution in [3.05, 3.63) is 217 Å². The zero-order chi connectivity index (χ0) is 37.1. The Morgan fingerprint density at radius 2 is 1.11 bits per heavy atom. The highest BCUT2D eigenvalue weighted by molar-refractivity contribution is 6.18. The lowest BCUT2D eigenvalue weighted by molar-refractivity contribution is 1.16. The molecule has 0 unspecified atom stereocenters. The Hall–Kier alpha value is -7.10. The lowest BCUT2D eigenvalue weighted by Gasteiger charge is -2.17. The van der Waals surface area contributed by atoms with Crippen LogP contribution in [0.2, 0.25) is 0 Å². The fourth-order valence-corrected chi connectivity index (χ4v) is 7.96. The van der Waals surface area contributed by atoms with Crippen LogP contribution in [0.15, 0.2) is 204 Å². The largest absolute Gasteiger partial charge is 0.312 e. The van der Waals surface area contributed by atoms with E-state index in [-0.39, 0.29) is 0 Å². The quantitative estimate of drug-likeness (QED) is 0.111. The summed E-state index contributed by atoms with van der Waals surface area (Å²) in [6.07, 6.45) is 2.93. The molecule has 0 aliphatic rings. The van der Waals surface area contributed by atoms with Crippen LogP contribution in [0.5, 0.6) is 0 Å². The summed E-state index contributed by atoms with van der Waals surface area (Å²) in [5.41, 5.74) is 14.8. The van der Waals surface area contributed by atoms with Crippen molar-refractivity contribution in [3.8, 4) is 33.4 Å². The van der Waals surface area contributed by atoms with Gasteiger partial charge in [-0.05, 0) is 71.5 Å². The van der Waals surface area contributed by atoms with Gasteiger partial charge in [-0.1, -0.05) is 176 Å². The molecule has 3 heteroatoms. The highest BCUT2D eigenvalue weighted by Gasteiger charge is 2.22. The van der Waals surface area contributed by atoms with Crippen molar-refractivity contribution in [1.29, 1.82) is 0 Å². The average molecular weight is 706 g/mol. The zero-order valence-electron chi connectivity index (χ0n) is 30.7. The molecule has 0 saturated heterocycles. The number of amidine groups is 1. The van der Waals surface area contributed by atoms with Crippen molar-refractivity contribution in [1.82, 2.24) is 4.40 Å². The van der Waals surface area contributed by atoms with E-state index in [0.717, 1.165) is 34.4 Å². The maximum atomic E-state index is 5.15. The Balaban J connectivity index is 1.28. The molecule has 0 bridgehead atoms. The first-order chi connectivity index (χ1) is 27.2. The Kier molecular flexibility index (Phi) is 9.03. The van der Waals surface area contributed by atoms with E-state index in [0.29, 0.717) is 5.84 Å². The average Bonchev–Trinajstić information content (AvgIpc) is 3.61. The van der Waals surface area contributed by atoms with E-state index < -0.39 is 0 Å². The number of aliphatic imine (C=N–C) groups is 2. The molecule has 3 nitrogen and oxygen atoms in total. The maximum absolute atomic E-state index is 5.15. The lowest BCUT2D eigenvalue weighted by Crippen LogP contribution is -1.98. The molecule has 9 rings (SSSR count). The summed E-state index contributed by atoms with van der Waals surface area (Å²) in [6, 6.07) is 66.7. The molecule has 9 aromatic rings. The van der Waals surface area contributed by atoms with Crippen molar-refractivity contribution in [2.75, 3.05) is 0 Å². The van der Waals surface area contributed by atoms with Gasteiger partial charge in [-0.2, -0.15) is 0 Å². The van der Waals surface area contributed by atoms with Gasteiger partial charge in [-0.15, -0.1) is 0 Å². The molecule has 2 aromatic heterocycles. The topological polar surface area (TPSA) is 29.1 Å². The minimum Gasteiger partial charge on any atom is -0.312 e. The van der Waals surface area contributed by atoms with Gasteiger partial charge in [-0.25, -0.2) is 9.98 Å². The molecule has 0 fully saturated rings. The monoisotopic (exact) mass is 705 g/mol. The molecule has 0 N–H and O–H groups in total. The summed E-state index contributed by atoms with van der Waals surface area (Å²) in [5, 5.41) is 3.68. The molecule has 0 amide bonds. The molecule has 55 heavy (non-hydrogen) atoms. The summed E-state index contributed by atoms with van der Waals surface area (Å²) >= 11 is 0. The summed E-state index contributed by atoms with van der Waals surface area (Å²) in [6.45, 7) is 6.15. The number of nitrogens with zero attached hydrogens (tertiary/aromatic N) is 3. The predicted octanol–water partition coefficient (Wildman–Crippen LogP) is 13.3. The third-order valence-electron chi connectivity index (χ3n) is 10.5. The fraction of sp³-hybridized carbons (Fsp3) is 0.0385. The van der Waals surface area contributed by atoms with Crippen LogP contribution in [0, 0.1) is 6.92 Å². The molecule has 2 heterocycles. The molecule has 0 spiro atoms. The van der Waals surface area contributed by atoms with E-state index in [2.05, 4.69) is 181 Å². The second kappa shape index (κ2) is 14.7. The Morgan fingerprint density at radius 1 is 0.527 bits per heavy atom. The van der Waals surface area contributed by atoms with E-state index in [1.807, 2.05) is 36.4 Å². The number of allylic oxidation sites excluding steroid dienone is 1. The van der Waals surface area contributed by atoms with Gasteiger partial charge in [0, 0.05) is 38.7 Å². The normalized spacial score (nSPS) is 12.1. The van der Waals surface area contributed by atoms with Gasteiger partial charge in [0.25, 0.3) is 0 Å². The molecule has 0 aliphatic heterocycles. The van der Waals surface area contributed by atoms with Crippen LogP contribution in [0.25, 0.3) is 66.3 Å². The van der Waals surface area contributed by atoms with E-state index >= 15 is 0 Å². The van der Waals surface area contributed by atoms with E-state index in [1.54, 1.807) is 0 Å². The summed E-state index contributed by atoms with van der Waals surface area (Å²) < 4.78 is 2.48. The second-order valence-electron chi connectivity index (χ2n) is 13.8. The standard InChI is InChI=1S/C52H39N3/c1-36-49(38-20-9-4-10-21-38)44-32-31-42(35-46(44)51-50(39-22-11-5-12-23-39)45-28-15-16-29-48(45)55(36)51)41-26-17-27-43(34-41)47(33-30-37-18-7-3-8-19-37)54-52(53-2)40-24-13-6-14-25-40/h3-29,31-35H,2,30H2,1H3/b47-33-,54-52?. The molecule has 0 radical (unpaired) electrons. The molecular weight excluding hydrogens is 667 g/mol. The van der Waals surface area contributed by atoms with Gasteiger partial charge in [0.2, 0.25) is 0 Å². The van der Waals surface area contributed by atoms with Gasteiger partial charge in [-0.3, -0.25) is 0 Å².